The molecule has 1 aliphatic rings. The summed E-state index contributed by atoms with van der Waals surface area (Å²) in [5, 5.41) is 2.91. The molecule has 1 heterocycles. The molecule has 1 fully saturated rings. The first-order valence-electron chi connectivity index (χ1n) is 4.32. The van der Waals surface area contributed by atoms with Gasteiger partial charge in [0.25, 0.3) is 5.91 Å². The quantitative estimate of drug-likeness (QED) is 0.767. The van der Waals surface area contributed by atoms with Gasteiger partial charge in [-0.15, -0.1) is 11.8 Å². The first kappa shape index (κ1) is 9.79. The van der Waals surface area contributed by atoms with Crippen molar-refractivity contribution in [3.05, 3.63) is 5.56 Å². The molecule has 1 amide bonds. The smallest absolute Gasteiger partial charge is 0.257 e. The van der Waals surface area contributed by atoms with E-state index in [9.17, 15) is 4.79 Å². The average Bonchev–Trinajstić information content (AvgIpc) is 2.87. The molecule has 3 N–H and O–H groups in total. The highest BCUT2D eigenvalue weighted by atomic mass is 32.2. The van der Waals surface area contributed by atoms with Gasteiger partial charge in [0.2, 0.25) is 0 Å². The van der Waals surface area contributed by atoms with Crippen molar-refractivity contribution in [2.45, 2.75) is 23.1 Å². The molecule has 0 atom stereocenters. The lowest BCUT2D eigenvalue weighted by molar-refractivity contribution is 0.0949. The average molecular weight is 229 g/mol. The van der Waals surface area contributed by atoms with Crippen molar-refractivity contribution in [1.29, 1.82) is 0 Å². The van der Waals surface area contributed by atoms with Crippen LogP contribution in [0.1, 0.15) is 23.2 Å². The number of carbonyl (C=O) groups excluding carboxylic acids is 1. The van der Waals surface area contributed by atoms with Crippen LogP contribution >= 0.6 is 23.3 Å². The number of hydrogen-bond acceptors (Lipinski definition) is 5. The molecule has 1 saturated carbocycles. The molecule has 4 nitrogen and oxygen atoms in total. The first-order chi connectivity index (χ1) is 6.72. The fourth-order valence-electron chi connectivity index (χ4n) is 1.12. The minimum Gasteiger partial charge on any atom is -0.382 e. The maximum Gasteiger partial charge on any atom is 0.257 e. The Balaban J connectivity index is 2.19. The lowest BCUT2D eigenvalue weighted by Gasteiger charge is -2.02. The van der Waals surface area contributed by atoms with Crippen LogP contribution in [0.15, 0.2) is 4.21 Å². The zero-order chi connectivity index (χ0) is 10.1. The summed E-state index contributed by atoms with van der Waals surface area (Å²) < 4.78 is 4.86. The molecular formula is C8H11N3OS2. The fourth-order valence-corrected chi connectivity index (χ4v) is 2.49. The SMILES string of the molecule is CSc1snc(N)c1C(=O)NC1CC1. The lowest BCUT2D eigenvalue weighted by atomic mass is 10.3. The zero-order valence-electron chi connectivity index (χ0n) is 7.74. The third-order valence-electron chi connectivity index (χ3n) is 2.01. The third-order valence-corrected chi connectivity index (χ3v) is 3.97. The van der Waals surface area contributed by atoms with E-state index < -0.39 is 0 Å². The van der Waals surface area contributed by atoms with Gasteiger partial charge in [0.15, 0.2) is 5.82 Å². The van der Waals surface area contributed by atoms with Gasteiger partial charge in [-0.2, -0.15) is 4.37 Å². The number of carbonyl (C=O) groups is 1. The van der Waals surface area contributed by atoms with Gasteiger partial charge in [-0.25, -0.2) is 0 Å². The van der Waals surface area contributed by atoms with E-state index in [4.69, 9.17) is 5.73 Å². The Labute approximate surface area is 90.4 Å². The van der Waals surface area contributed by atoms with E-state index in [0.29, 0.717) is 17.4 Å². The summed E-state index contributed by atoms with van der Waals surface area (Å²) in [5.41, 5.74) is 6.19. The van der Waals surface area contributed by atoms with E-state index in [1.54, 1.807) is 0 Å². The Morgan fingerprint density at radius 3 is 3.00 bits per heavy atom. The number of nitrogens with two attached hydrogens (primary N) is 1. The van der Waals surface area contributed by atoms with Crippen molar-refractivity contribution in [2.24, 2.45) is 0 Å². The van der Waals surface area contributed by atoms with Crippen molar-refractivity contribution in [2.75, 3.05) is 12.0 Å². The molecule has 1 aromatic rings. The van der Waals surface area contributed by atoms with Crippen LogP contribution in [-0.2, 0) is 0 Å². The second kappa shape index (κ2) is 3.78. The summed E-state index contributed by atoms with van der Waals surface area (Å²) in [5.74, 6) is 0.264. The van der Waals surface area contributed by atoms with E-state index in [-0.39, 0.29) is 5.91 Å². The van der Waals surface area contributed by atoms with Crippen molar-refractivity contribution in [1.82, 2.24) is 9.69 Å². The number of nitrogens with one attached hydrogen (secondary N) is 1. The Bertz CT molecular complexity index is 359. The van der Waals surface area contributed by atoms with E-state index in [2.05, 4.69) is 9.69 Å². The molecule has 6 heteroatoms. The molecule has 2 rings (SSSR count). The van der Waals surface area contributed by atoms with Crippen LogP contribution in [0, 0.1) is 0 Å². The number of nitrogens with zero attached hydrogens (tertiary/aromatic N) is 1. The molecule has 0 saturated heterocycles. The summed E-state index contributed by atoms with van der Waals surface area (Å²) in [4.78, 5) is 11.7. The number of thioether (sulfide) groups is 1. The molecule has 14 heavy (non-hydrogen) atoms. The van der Waals surface area contributed by atoms with E-state index in [1.807, 2.05) is 6.26 Å². The molecule has 0 bridgehead atoms. The number of rotatable bonds is 3. The maximum absolute atomic E-state index is 11.7. The minimum atomic E-state index is -0.0805. The van der Waals surface area contributed by atoms with E-state index in [1.165, 1.54) is 23.3 Å². The predicted octanol–water partition coefficient (Wildman–Crippen LogP) is 1.34. The Kier molecular flexibility index (Phi) is 2.64. The molecule has 0 unspecified atom stereocenters. The molecule has 0 radical (unpaired) electrons. The van der Waals surface area contributed by atoms with Gasteiger partial charge in [-0.05, 0) is 30.6 Å². The predicted molar refractivity (Wildman–Crippen MR) is 58.8 cm³/mol. The molecule has 1 aromatic heterocycles. The number of amides is 1. The van der Waals surface area contributed by atoms with Crippen LogP contribution in [0.2, 0.25) is 0 Å². The molecule has 1 aliphatic carbocycles. The number of nitrogen functional groups attached to an aromatic ring is 1. The van der Waals surface area contributed by atoms with Gasteiger partial charge in [0, 0.05) is 6.04 Å². The Morgan fingerprint density at radius 2 is 2.43 bits per heavy atom. The monoisotopic (exact) mass is 229 g/mol. The van der Waals surface area contributed by atoms with Crippen LogP contribution in [0.4, 0.5) is 5.82 Å². The Hall–Kier alpha value is -0.750. The van der Waals surface area contributed by atoms with Gasteiger partial charge >= 0.3 is 0 Å². The highest BCUT2D eigenvalue weighted by Crippen LogP contribution is 2.30. The van der Waals surface area contributed by atoms with Crippen LogP contribution in [-0.4, -0.2) is 22.6 Å². The van der Waals surface area contributed by atoms with Gasteiger partial charge in [-0.1, -0.05) is 0 Å². The minimum absolute atomic E-state index is 0.0805. The second-order valence-electron chi connectivity index (χ2n) is 3.18. The standard InChI is InChI=1S/C8H11N3OS2/c1-13-8-5(6(9)11-14-8)7(12)10-4-2-3-4/h4H,2-3H2,1H3,(H2,9,11)(H,10,12). The largest absolute Gasteiger partial charge is 0.382 e. The summed E-state index contributed by atoms with van der Waals surface area (Å²) >= 11 is 2.79. The van der Waals surface area contributed by atoms with E-state index >= 15 is 0 Å². The summed E-state index contributed by atoms with van der Waals surface area (Å²) in [6.45, 7) is 0. The van der Waals surface area contributed by atoms with Crippen molar-refractivity contribution < 1.29 is 4.79 Å². The number of aromatic nitrogens is 1. The van der Waals surface area contributed by atoms with Crippen LogP contribution < -0.4 is 11.1 Å². The lowest BCUT2D eigenvalue weighted by Crippen LogP contribution is -2.26. The maximum atomic E-state index is 11.7. The molecule has 0 spiro atoms. The van der Waals surface area contributed by atoms with Crippen molar-refractivity contribution in [3.8, 4) is 0 Å². The van der Waals surface area contributed by atoms with E-state index in [0.717, 1.165) is 17.1 Å². The Morgan fingerprint density at radius 1 is 1.71 bits per heavy atom. The summed E-state index contributed by atoms with van der Waals surface area (Å²) in [7, 11) is 0. The topological polar surface area (TPSA) is 68.0 Å². The second-order valence-corrected chi connectivity index (χ2v) is 5.03. The number of anilines is 1. The number of hydrogen-bond donors (Lipinski definition) is 2. The third kappa shape index (κ3) is 1.85. The van der Waals surface area contributed by atoms with Crippen LogP contribution in [0.3, 0.4) is 0 Å². The van der Waals surface area contributed by atoms with Gasteiger partial charge in [0.1, 0.15) is 5.56 Å². The summed E-state index contributed by atoms with van der Waals surface area (Å²) in [6, 6.07) is 0.358. The molecule has 76 valence electrons. The zero-order valence-corrected chi connectivity index (χ0v) is 9.37. The highest BCUT2D eigenvalue weighted by molar-refractivity contribution is 8.00. The molecular weight excluding hydrogens is 218 g/mol. The van der Waals surface area contributed by atoms with Crippen molar-refractivity contribution in [3.63, 3.8) is 0 Å². The van der Waals surface area contributed by atoms with Crippen LogP contribution in [0.5, 0.6) is 0 Å². The van der Waals surface area contributed by atoms with Gasteiger partial charge in [-0.3, -0.25) is 4.79 Å². The highest BCUT2D eigenvalue weighted by Gasteiger charge is 2.27. The normalized spacial score (nSPS) is 15.5. The molecule has 0 aliphatic heterocycles. The van der Waals surface area contributed by atoms with Crippen molar-refractivity contribution >= 4 is 35.0 Å². The van der Waals surface area contributed by atoms with Gasteiger partial charge in [0.05, 0.1) is 4.21 Å². The summed E-state index contributed by atoms with van der Waals surface area (Å²) in [6.07, 6.45) is 4.08. The fraction of sp³-hybridized carbons (Fsp3) is 0.500. The first-order valence-corrected chi connectivity index (χ1v) is 6.32. The molecule has 0 aromatic carbocycles. The van der Waals surface area contributed by atoms with Gasteiger partial charge < -0.3 is 11.1 Å². The van der Waals surface area contributed by atoms with Crippen LogP contribution in [0.25, 0.3) is 0 Å².